The van der Waals surface area contributed by atoms with Crippen LogP contribution in [0.5, 0.6) is 0 Å². The summed E-state index contributed by atoms with van der Waals surface area (Å²) in [4.78, 5) is 3.78. The molecule has 0 saturated carbocycles. The molecular weight excluding hydrogens is 212 g/mol. The van der Waals surface area contributed by atoms with Crippen LogP contribution in [0.2, 0.25) is 0 Å². The molecule has 0 bridgehead atoms. The van der Waals surface area contributed by atoms with Crippen LogP contribution in [0.25, 0.3) is 0 Å². The van der Waals surface area contributed by atoms with Crippen molar-refractivity contribution in [2.45, 2.75) is 12.8 Å². The van der Waals surface area contributed by atoms with Crippen LogP contribution in [-0.4, -0.2) is 33.1 Å². The van der Waals surface area contributed by atoms with Crippen molar-refractivity contribution in [2.24, 2.45) is 22.2 Å². The summed E-state index contributed by atoms with van der Waals surface area (Å²) in [6.07, 6.45) is 1.95. The van der Waals surface area contributed by atoms with Gasteiger partial charge in [0.1, 0.15) is 0 Å². The third-order valence-corrected chi connectivity index (χ3v) is 1.10. The smallest absolute Gasteiger partial charge is 0.330 e. The molecule has 0 rings (SSSR count). The molecule has 8 nitrogen and oxygen atoms in total. The van der Waals surface area contributed by atoms with Gasteiger partial charge in [0, 0.05) is 6.54 Å². The highest BCUT2D eigenvalue weighted by Gasteiger charge is 1.82. The molecule has 0 heterocycles. The lowest BCUT2D eigenvalue weighted by atomic mass is 10.3. The summed E-state index contributed by atoms with van der Waals surface area (Å²) >= 11 is -2.52. The molecule has 0 saturated heterocycles. The van der Waals surface area contributed by atoms with Crippen LogP contribution in [0.4, 0.5) is 0 Å². The predicted molar refractivity (Wildman–Crippen MR) is 53.5 cm³/mol. The molecule has 1 atom stereocenters. The third-order valence-electron chi connectivity index (χ3n) is 0.970. The molecule has 0 aliphatic heterocycles. The zero-order valence-corrected chi connectivity index (χ0v) is 8.44. The first kappa shape index (κ1) is 15.7. The van der Waals surface area contributed by atoms with Crippen molar-refractivity contribution in [3.63, 3.8) is 0 Å². The third kappa shape index (κ3) is 22.5. The average molecular weight is 228 g/mol. The van der Waals surface area contributed by atoms with Crippen LogP contribution in [-0.2, 0) is 15.7 Å². The number of hydrogen-bond acceptors (Lipinski definition) is 5. The van der Waals surface area contributed by atoms with Gasteiger partial charge in [0.2, 0.25) is 0 Å². The van der Waals surface area contributed by atoms with Gasteiger partial charge in [0.05, 0.1) is 0 Å². The summed E-state index contributed by atoms with van der Waals surface area (Å²) in [6, 6.07) is 0. The molecule has 0 aromatic carbocycles. The van der Waals surface area contributed by atoms with Gasteiger partial charge in [0.15, 0.2) is 5.96 Å². The summed E-state index contributed by atoms with van der Waals surface area (Å²) < 4.78 is 19.1. The van der Waals surface area contributed by atoms with Gasteiger partial charge >= 0.3 is 11.4 Å². The minimum Gasteiger partial charge on any atom is -0.370 e. The van der Waals surface area contributed by atoms with E-state index in [0.717, 1.165) is 12.8 Å². The van der Waals surface area contributed by atoms with E-state index in [2.05, 4.69) is 9.33 Å². The van der Waals surface area contributed by atoms with Crippen molar-refractivity contribution >= 4 is 17.3 Å². The zero-order valence-electron chi connectivity index (χ0n) is 7.63. The Morgan fingerprint density at radius 1 is 1.43 bits per heavy atom. The lowest BCUT2D eigenvalue weighted by molar-refractivity contribution is -0.131. The van der Waals surface area contributed by atoms with Crippen molar-refractivity contribution < 1.29 is 18.4 Å². The second kappa shape index (κ2) is 12.3. The Bertz CT molecular complexity index is 173. The maximum Gasteiger partial charge on any atom is 0.330 e. The van der Waals surface area contributed by atoms with Crippen molar-refractivity contribution in [1.82, 2.24) is 0 Å². The largest absolute Gasteiger partial charge is 0.370 e. The van der Waals surface area contributed by atoms with Crippen molar-refractivity contribution in [2.75, 3.05) is 13.1 Å². The standard InChI is InChI=1S/C5H14N4.H2O4S/c6-3-1-2-4-9-5(7)8;1-4-5(2)3/h1-4,6H2,(H4,7,8,9);1H,(H,2,3). The van der Waals surface area contributed by atoms with Gasteiger partial charge in [-0.25, -0.2) is 5.26 Å². The Balaban J connectivity index is 0. The molecule has 9 heteroatoms. The Morgan fingerprint density at radius 2 is 1.93 bits per heavy atom. The summed E-state index contributed by atoms with van der Waals surface area (Å²) in [6.45, 7) is 1.40. The van der Waals surface area contributed by atoms with E-state index in [-0.39, 0.29) is 5.96 Å². The molecule has 8 N–H and O–H groups in total. The molecule has 0 aliphatic carbocycles. The minimum absolute atomic E-state index is 0.159. The Hall–Kier alpha value is -0.740. The van der Waals surface area contributed by atoms with E-state index >= 15 is 0 Å². The van der Waals surface area contributed by atoms with Crippen molar-refractivity contribution in [3.05, 3.63) is 0 Å². The quantitative estimate of drug-likeness (QED) is 0.0967. The van der Waals surface area contributed by atoms with Crippen LogP contribution in [0.3, 0.4) is 0 Å². The maximum absolute atomic E-state index is 9.01. The second-order valence-electron chi connectivity index (χ2n) is 2.09. The van der Waals surface area contributed by atoms with Crippen LogP contribution < -0.4 is 17.2 Å². The number of nitrogens with two attached hydrogens (primary N) is 3. The highest BCUT2D eigenvalue weighted by Crippen LogP contribution is 1.84. The van der Waals surface area contributed by atoms with Gasteiger partial charge in [-0.05, 0) is 19.4 Å². The highest BCUT2D eigenvalue weighted by molar-refractivity contribution is 7.74. The molecule has 0 aromatic heterocycles. The molecule has 0 spiro atoms. The Labute approximate surface area is 84.5 Å². The monoisotopic (exact) mass is 228 g/mol. The van der Waals surface area contributed by atoms with Gasteiger partial charge in [-0.1, -0.05) is 0 Å². The van der Waals surface area contributed by atoms with Crippen LogP contribution >= 0.6 is 0 Å². The summed E-state index contributed by atoms with van der Waals surface area (Å²) in [5.41, 5.74) is 15.4. The molecule has 0 aliphatic rings. The maximum atomic E-state index is 9.01. The van der Waals surface area contributed by atoms with Crippen LogP contribution in [0, 0.1) is 0 Å². The molecule has 0 fully saturated rings. The number of aliphatic imine (C=N–C) groups is 1. The van der Waals surface area contributed by atoms with E-state index in [0.29, 0.717) is 13.1 Å². The SMILES string of the molecule is NCCCCN=C(N)N.O=S(O)OO. The molecular formula is C5H16N4O4S. The normalized spacial score (nSPS) is 11.1. The summed E-state index contributed by atoms with van der Waals surface area (Å²) in [5.74, 6) is 0.159. The van der Waals surface area contributed by atoms with Gasteiger partial charge in [-0.3, -0.25) is 9.55 Å². The fourth-order valence-electron chi connectivity index (χ4n) is 0.464. The minimum atomic E-state index is -2.52. The van der Waals surface area contributed by atoms with E-state index in [9.17, 15) is 0 Å². The zero-order chi connectivity index (χ0) is 11.4. The number of guanidine groups is 1. The molecule has 86 valence electrons. The lowest BCUT2D eigenvalue weighted by Crippen LogP contribution is -2.23. The molecule has 0 radical (unpaired) electrons. The first-order valence-electron chi connectivity index (χ1n) is 3.72. The molecule has 0 aromatic rings. The fourth-order valence-corrected chi connectivity index (χ4v) is 0.464. The summed E-state index contributed by atoms with van der Waals surface area (Å²) in [7, 11) is 0. The second-order valence-corrected chi connectivity index (χ2v) is 2.68. The van der Waals surface area contributed by atoms with E-state index < -0.39 is 11.4 Å². The Kier molecular flexibility index (Phi) is 13.8. The number of rotatable bonds is 5. The van der Waals surface area contributed by atoms with Gasteiger partial charge in [-0.2, -0.15) is 4.21 Å². The fraction of sp³-hybridized carbons (Fsp3) is 0.800. The number of unbranched alkanes of at least 4 members (excludes halogenated alkanes) is 1. The topological polar surface area (TPSA) is 157 Å². The van der Waals surface area contributed by atoms with E-state index in [1.165, 1.54) is 0 Å². The van der Waals surface area contributed by atoms with Crippen molar-refractivity contribution in [3.8, 4) is 0 Å². The first-order chi connectivity index (χ1) is 6.54. The highest BCUT2D eigenvalue weighted by atomic mass is 32.2. The van der Waals surface area contributed by atoms with E-state index in [4.69, 9.17) is 31.2 Å². The van der Waals surface area contributed by atoms with E-state index in [1.807, 2.05) is 0 Å². The first-order valence-corrected chi connectivity index (χ1v) is 4.76. The Morgan fingerprint density at radius 3 is 2.21 bits per heavy atom. The van der Waals surface area contributed by atoms with Crippen molar-refractivity contribution in [1.29, 1.82) is 0 Å². The molecule has 0 amide bonds. The summed E-state index contributed by atoms with van der Waals surface area (Å²) in [5, 5.41) is 7.09. The van der Waals surface area contributed by atoms with Gasteiger partial charge in [-0.15, -0.1) is 4.33 Å². The predicted octanol–water partition coefficient (Wildman–Crippen LogP) is -1.39. The molecule has 14 heavy (non-hydrogen) atoms. The number of hydrogen-bond donors (Lipinski definition) is 5. The average Bonchev–Trinajstić information content (AvgIpc) is 2.13. The van der Waals surface area contributed by atoms with Gasteiger partial charge in [0.25, 0.3) is 0 Å². The lowest BCUT2D eigenvalue weighted by Gasteiger charge is -1.92. The van der Waals surface area contributed by atoms with Gasteiger partial charge < -0.3 is 17.2 Å². The number of nitrogens with zero attached hydrogens (tertiary/aromatic N) is 1. The molecule has 1 unspecified atom stereocenters. The van der Waals surface area contributed by atoms with Crippen LogP contribution in [0.15, 0.2) is 4.99 Å². The van der Waals surface area contributed by atoms with Crippen LogP contribution in [0.1, 0.15) is 12.8 Å². The van der Waals surface area contributed by atoms with E-state index in [1.54, 1.807) is 0 Å².